The molecule has 0 spiro atoms. The highest BCUT2D eigenvalue weighted by Gasteiger charge is 2.52. The first kappa shape index (κ1) is 20.8. The van der Waals surface area contributed by atoms with Crippen molar-refractivity contribution in [3.8, 4) is 0 Å². The summed E-state index contributed by atoms with van der Waals surface area (Å²) in [6, 6.07) is 0. The van der Waals surface area contributed by atoms with Crippen molar-refractivity contribution in [2.24, 2.45) is 0 Å². The number of halogens is 1. The van der Waals surface area contributed by atoms with Crippen LogP contribution in [-0.4, -0.2) is 41.3 Å². The summed E-state index contributed by atoms with van der Waals surface area (Å²) in [6.45, 7) is 13.9. The van der Waals surface area contributed by atoms with Crippen molar-refractivity contribution >= 4 is 14.1 Å². The normalized spacial score (nSPS) is 26.9. The maximum absolute atomic E-state index is 13.8. The van der Waals surface area contributed by atoms with Gasteiger partial charge in [0.2, 0.25) is 0 Å². The first-order valence-corrected chi connectivity index (χ1v) is 11.4. The van der Waals surface area contributed by atoms with Crippen LogP contribution in [0.3, 0.4) is 0 Å². The Labute approximate surface area is 153 Å². The fourth-order valence-electron chi connectivity index (χ4n) is 2.66. The fraction of sp³-hybridized carbons (Fsp3) is 0.647. The van der Waals surface area contributed by atoms with Gasteiger partial charge < -0.3 is 20.0 Å². The van der Waals surface area contributed by atoms with E-state index in [0.717, 1.165) is 10.8 Å². The van der Waals surface area contributed by atoms with Gasteiger partial charge in [-0.05, 0) is 18.1 Å². The van der Waals surface area contributed by atoms with Gasteiger partial charge in [0.15, 0.2) is 20.0 Å². The van der Waals surface area contributed by atoms with Crippen molar-refractivity contribution in [1.29, 1.82) is 0 Å². The summed E-state index contributed by atoms with van der Waals surface area (Å²) in [7, 11) is -2.19. The molecule has 1 saturated heterocycles. The van der Waals surface area contributed by atoms with Crippen LogP contribution in [0.25, 0.3) is 0 Å². The predicted octanol–water partition coefficient (Wildman–Crippen LogP) is 2.19. The average molecular weight is 386 g/mol. The molecule has 3 atom stereocenters. The van der Waals surface area contributed by atoms with Gasteiger partial charge in [0.25, 0.3) is 0 Å². The van der Waals surface area contributed by atoms with E-state index in [4.69, 9.17) is 14.9 Å². The number of anilines is 1. The zero-order chi connectivity index (χ0) is 19.9. The van der Waals surface area contributed by atoms with Crippen LogP contribution in [0.1, 0.15) is 33.4 Å². The number of hydrogen-bond acceptors (Lipinski definition) is 6. The van der Waals surface area contributed by atoms with E-state index in [-0.39, 0.29) is 18.1 Å². The summed E-state index contributed by atoms with van der Waals surface area (Å²) < 4.78 is 27.2. The van der Waals surface area contributed by atoms with Crippen LogP contribution in [0, 0.1) is 5.82 Å². The van der Waals surface area contributed by atoms with Gasteiger partial charge in [-0.2, -0.15) is 4.98 Å². The van der Waals surface area contributed by atoms with Crippen LogP contribution in [0.5, 0.6) is 0 Å². The van der Waals surface area contributed by atoms with E-state index in [1.807, 2.05) is 0 Å². The van der Waals surface area contributed by atoms with Gasteiger partial charge in [-0.1, -0.05) is 26.8 Å². The van der Waals surface area contributed by atoms with E-state index < -0.39 is 43.6 Å². The minimum absolute atomic E-state index is 0.0564. The Balaban J connectivity index is 2.40. The Morgan fingerprint density at radius 1 is 1.62 bits per heavy atom. The minimum atomic E-state index is -2.19. The zero-order valence-corrected chi connectivity index (χ0v) is 17.0. The summed E-state index contributed by atoms with van der Waals surface area (Å²) in [5.41, 5.74) is 3.43. The molecule has 0 amide bonds. The van der Waals surface area contributed by atoms with E-state index in [9.17, 15) is 14.3 Å². The van der Waals surface area contributed by atoms with E-state index in [1.165, 1.54) is 6.08 Å². The van der Waals surface area contributed by atoms with Crippen molar-refractivity contribution in [2.45, 2.75) is 63.3 Å². The van der Waals surface area contributed by atoms with Gasteiger partial charge in [-0.15, -0.1) is 6.58 Å². The lowest BCUT2D eigenvalue weighted by Crippen LogP contribution is -2.51. The van der Waals surface area contributed by atoms with Crippen molar-refractivity contribution < 1.29 is 18.7 Å². The third kappa shape index (κ3) is 3.61. The van der Waals surface area contributed by atoms with Crippen LogP contribution in [0.15, 0.2) is 23.6 Å². The third-order valence-electron chi connectivity index (χ3n) is 5.40. The third-order valence-corrected chi connectivity index (χ3v) is 9.88. The Bertz CT molecular complexity index is 747. The molecule has 0 radical (unpaired) electrons. The van der Waals surface area contributed by atoms with E-state index in [2.05, 4.69) is 45.4 Å². The number of nitrogens with zero attached hydrogens (tertiary/aromatic N) is 2. The van der Waals surface area contributed by atoms with Crippen molar-refractivity contribution in [3.63, 3.8) is 0 Å². The number of aliphatic hydroxyl groups excluding tert-OH is 1. The number of hydrogen-bond donors (Lipinski definition) is 2. The van der Waals surface area contributed by atoms with Crippen LogP contribution in [-0.2, 0) is 9.16 Å². The molecule has 1 fully saturated rings. The minimum Gasteiger partial charge on any atom is -0.410 e. The van der Waals surface area contributed by atoms with Gasteiger partial charge in [-0.3, -0.25) is 4.57 Å². The van der Waals surface area contributed by atoms with Gasteiger partial charge in [-0.25, -0.2) is 9.18 Å². The average Bonchev–Trinajstić information content (AvgIpc) is 2.88. The second-order valence-electron chi connectivity index (χ2n) is 8.16. The Hall–Kier alpha value is -1.55. The molecule has 3 N–H and O–H groups in total. The number of aromatic nitrogens is 2. The Morgan fingerprint density at radius 3 is 2.73 bits per heavy atom. The molecule has 2 rings (SSSR count). The molecule has 0 aromatic carbocycles. The van der Waals surface area contributed by atoms with Crippen molar-refractivity contribution in [2.75, 3.05) is 12.3 Å². The van der Waals surface area contributed by atoms with Crippen molar-refractivity contribution in [1.82, 2.24) is 9.55 Å². The SMILES string of the molecule is C=C[C@]1(CO)O[C@@H](n2cc(F)c(N)nc2=O)C[C@@H]1O[Si](C)(C)C(C)(C)C. The maximum Gasteiger partial charge on any atom is 0.351 e. The lowest BCUT2D eigenvalue weighted by atomic mass is 9.98. The molecular formula is C17H28FN3O4Si. The molecule has 26 heavy (non-hydrogen) atoms. The van der Waals surface area contributed by atoms with Gasteiger partial charge in [0.05, 0.1) is 18.9 Å². The molecular weight excluding hydrogens is 357 g/mol. The smallest absolute Gasteiger partial charge is 0.351 e. The molecule has 1 aliphatic heterocycles. The van der Waals surface area contributed by atoms with Crippen LogP contribution >= 0.6 is 0 Å². The number of nitrogen functional groups attached to an aromatic ring is 1. The molecule has 1 aromatic rings. The topological polar surface area (TPSA) is 99.6 Å². The van der Waals surface area contributed by atoms with Crippen LogP contribution in [0.2, 0.25) is 18.1 Å². The second-order valence-corrected chi connectivity index (χ2v) is 12.9. The van der Waals surface area contributed by atoms with Gasteiger partial charge in [0, 0.05) is 6.42 Å². The summed E-state index contributed by atoms with van der Waals surface area (Å²) >= 11 is 0. The number of ether oxygens (including phenoxy) is 1. The highest BCUT2D eigenvalue weighted by molar-refractivity contribution is 6.74. The van der Waals surface area contributed by atoms with Gasteiger partial charge >= 0.3 is 5.69 Å². The molecule has 1 aliphatic rings. The largest absolute Gasteiger partial charge is 0.410 e. The van der Waals surface area contributed by atoms with Crippen molar-refractivity contribution in [3.05, 3.63) is 35.2 Å². The number of aliphatic hydroxyl groups is 1. The molecule has 146 valence electrons. The fourth-order valence-corrected chi connectivity index (χ4v) is 4.02. The number of nitrogens with two attached hydrogens (primary N) is 1. The Kier molecular flexibility index (Phi) is 5.49. The molecule has 1 aromatic heterocycles. The van der Waals surface area contributed by atoms with E-state index in [1.54, 1.807) is 0 Å². The van der Waals surface area contributed by atoms with E-state index in [0.29, 0.717) is 0 Å². The molecule has 0 unspecified atom stereocenters. The predicted molar refractivity (Wildman–Crippen MR) is 99.7 cm³/mol. The molecule has 0 saturated carbocycles. The summed E-state index contributed by atoms with van der Waals surface area (Å²) in [5, 5.41) is 9.90. The molecule has 0 aliphatic carbocycles. The molecule has 2 heterocycles. The molecule has 0 bridgehead atoms. The zero-order valence-electron chi connectivity index (χ0n) is 16.0. The standard InChI is InChI=1S/C17H28FN3O4Si/c1-7-17(10-22)12(25-26(5,6)16(2,3)4)8-13(24-17)21-9-11(18)14(19)20-15(21)23/h7,9,12-13,22H,1,8,10H2,2-6H3,(H2,19,20,23)/t12-,13+,17+/m0/s1. The van der Waals surface area contributed by atoms with Crippen LogP contribution in [0.4, 0.5) is 10.2 Å². The molecule has 9 heteroatoms. The second kappa shape index (κ2) is 6.88. The lowest BCUT2D eigenvalue weighted by molar-refractivity contribution is -0.0950. The lowest BCUT2D eigenvalue weighted by Gasteiger charge is -2.41. The maximum atomic E-state index is 13.8. The van der Waals surface area contributed by atoms with Gasteiger partial charge in [0.1, 0.15) is 11.8 Å². The summed E-state index contributed by atoms with van der Waals surface area (Å²) in [5.74, 6) is -1.27. The monoisotopic (exact) mass is 385 g/mol. The molecule has 7 nitrogen and oxygen atoms in total. The summed E-state index contributed by atoms with van der Waals surface area (Å²) in [4.78, 5) is 15.6. The first-order chi connectivity index (χ1) is 11.9. The highest BCUT2D eigenvalue weighted by atomic mass is 28.4. The summed E-state index contributed by atoms with van der Waals surface area (Å²) in [6.07, 6.45) is 1.34. The Morgan fingerprint density at radius 2 is 2.23 bits per heavy atom. The quantitative estimate of drug-likeness (QED) is 0.595. The highest BCUT2D eigenvalue weighted by Crippen LogP contribution is 2.44. The first-order valence-electron chi connectivity index (χ1n) is 8.51. The number of rotatable bonds is 5. The van der Waals surface area contributed by atoms with Crippen LogP contribution < -0.4 is 11.4 Å². The van der Waals surface area contributed by atoms with E-state index >= 15 is 0 Å².